The van der Waals surface area contributed by atoms with Crippen LogP contribution in [0.25, 0.3) is 0 Å². The van der Waals surface area contributed by atoms with Gasteiger partial charge in [0.25, 0.3) is 5.91 Å². The first-order valence-electron chi connectivity index (χ1n) is 6.58. The molecular weight excluding hydrogens is 300 g/mol. The molecule has 1 amide bonds. The molecule has 0 bridgehead atoms. The van der Waals surface area contributed by atoms with Crippen LogP contribution >= 0.6 is 11.6 Å². The summed E-state index contributed by atoms with van der Waals surface area (Å²) >= 11 is 5.96. The minimum Gasteiger partial charge on any atom is -0.349 e. The zero-order valence-electron chi connectivity index (χ0n) is 10.7. The Kier molecular flexibility index (Phi) is 3.48. The first-order chi connectivity index (χ1) is 9.45. The van der Waals surface area contributed by atoms with Crippen molar-refractivity contribution in [3.63, 3.8) is 0 Å². The molecule has 2 N–H and O–H groups in total. The van der Waals surface area contributed by atoms with Gasteiger partial charge in [0.1, 0.15) is 4.90 Å². The van der Waals surface area contributed by atoms with Gasteiger partial charge in [-0.1, -0.05) is 11.6 Å². The highest BCUT2D eigenvalue weighted by Crippen LogP contribution is 2.27. The molecule has 5 nitrogen and oxygen atoms in total. The van der Waals surface area contributed by atoms with Gasteiger partial charge in [-0.05, 0) is 43.9 Å². The summed E-state index contributed by atoms with van der Waals surface area (Å²) < 4.78 is 26.9. The minimum absolute atomic E-state index is 0.0000124. The highest BCUT2D eigenvalue weighted by Gasteiger charge is 2.30. The normalized spacial score (nSPS) is 18.9. The van der Waals surface area contributed by atoms with Gasteiger partial charge in [-0.3, -0.25) is 4.79 Å². The lowest BCUT2D eigenvalue weighted by Crippen LogP contribution is -2.28. The van der Waals surface area contributed by atoms with Crippen molar-refractivity contribution in [3.8, 4) is 0 Å². The first kappa shape index (κ1) is 13.9. The zero-order valence-corrected chi connectivity index (χ0v) is 12.3. The molecule has 0 radical (unpaired) electrons. The van der Waals surface area contributed by atoms with E-state index in [1.807, 2.05) is 0 Å². The Hall–Kier alpha value is -1.11. The second-order valence-electron chi connectivity index (χ2n) is 5.29. The summed E-state index contributed by atoms with van der Waals surface area (Å²) in [6.07, 6.45) is 3.65. The van der Waals surface area contributed by atoms with E-state index < -0.39 is 10.0 Å². The third kappa shape index (κ3) is 3.13. The van der Waals surface area contributed by atoms with Crippen LogP contribution in [0.15, 0.2) is 23.1 Å². The van der Waals surface area contributed by atoms with Crippen molar-refractivity contribution < 1.29 is 13.2 Å². The quantitative estimate of drug-likeness (QED) is 0.868. The number of rotatable bonds is 5. The van der Waals surface area contributed by atoms with Crippen LogP contribution in [-0.2, 0) is 10.0 Å². The van der Waals surface area contributed by atoms with Crippen LogP contribution in [0.4, 0.5) is 0 Å². The van der Waals surface area contributed by atoms with Crippen LogP contribution in [0.5, 0.6) is 0 Å². The lowest BCUT2D eigenvalue weighted by molar-refractivity contribution is 0.0951. The smallest absolute Gasteiger partial charge is 0.251 e. The molecule has 0 aromatic heterocycles. The third-order valence-electron chi connectivity index (χ3n) is 3.29. The van der Waals surface area contributed by atoms with Crippen molar-refractivity contribution in [2.24, 2.45) is 0 Å². The molecule has 7 heteroatoms. The molecule has 0 atom stereocenters. The Labute approximate surface area is 122 Å². The Morgan fingerprint density at radius 2 is 1.80 bits per heavy atom. The Morgan fingerprint density at radius 1 is 1.15 bits per heavy atom. The van der Waals surface area contributed by atoms with Gasteiger partial charge in [0.15, 0.2) is 0 Å². The standard InChI is InChI=1S/C13H15ClN2O3S/c14-11-6-1-8(13(17)15-9-2-3-9)7-12(11)20(18,19)16-10-4-5-10/h1,6-7,9-10,16H,2-5H2,(H,15,17). The second kappa shape index (κ2) is 5.02. The number of benzene rings is 1. The maximum absolute atomic E-state index is 12.2. The van der Waals surface area contributed by atoms with Crippen LogP contribution in [-0.4, -0.2) is 26.4 Å². The van der Waals surface area contributed by atoms with Crippen LogP contribution in [0, 0.1) is 0 Å². The highest BCUT2D eigenvalue weighted by molar-refractivity contribution is 7.89. The van der Waals surface area contributed by atoms with Crippen LogP contribution < -0.4 is 10.0 Å². The minimum atomic E-state index is -3.66. The zero-order chi connectivity index (χ0) is 14.3. The van der Waals surface area contributed by atoms with E-state index in [2.05, 4.69) is 10.0 Å². The molecule has 0 heterocycles. The van der Waals surface area contributed by atoms with Crippen molar-refractivity contribution >= 4 is 27.5 Å². The molecule has 2 aliphatic carbocycles. The lowest BCUT2D eigenvalue weighted by atomic mass is 10.2. The Bertz CT molecular complexity index is 652. The maximum atomic E-state index is 12.2. The van der Waals surface area contributed by atoms with Crippen molar-refractivity contribution in [1.29, 1.82) is 0 Å². The average Bonchev–Trinajstić information content (AvgIpc) is 3.25. The van der Waals surface area contributed by atoms with E-state index in [1.165, 1.54) is 18.2 Å². The number of carbonyl (C=O) groups excluding carboxylic acids is 1. The van der Waals surface area contributed by atoms with Gasteiger partial charge >= 0.3 is 0 Å². The molecule has 1 aromatic rings. The lowest BCUT2D eigenvalue weighted by Gasteiger charge is -2.10. The molecule has 20 heavy (non-hydrogen) atoms. The monoisotopic (exact) mass is 314 g/mol. The van der Waals surface area contributed by atoms with E-state index in [-0.39, 0.29) is 27.9 Å². The van der Waals surface area contributed by atoms with Gasteiger partial charge in [-0.2, -0.15) is 0 Å². The second-order valence-corrected chi connectivity index (χ2v) is 7.38. The van der Waals surface area contributed by atoms with Gasteiger partial charge in [-0.15, -0.1) is 0 Å². The number of hydrogen-bond donors (Lipinski definition) is 2. The van der Waals surface area contributed by atoms with Gasteiger partial charge in [0.2, 0.25) is 10.0 Å². The molecule has 2 aliphatic rings. The highest BCUT2D eigenvalue weighted by atomic mass is 35.5. The van der Waals surface area contributed by atoms with Gasteiger partial charge in [0, 0.05) is 17.6 Å². The molecule has 2 fully saturated rings. The maximum Gasteiger partial charge on any atom is 0.251 e. The summed E-state index contributed by atoms with van der Waals surface area (Å²) in [7, 11) is -3.66. The summed E-state index contributed by atoms with van der Waals surface area (Å²) in [6, 6.07) is 4.55. The summed E-state index contributed by atoms with van der Waals surface area (Å²) in [6.45, 7) is 0. The summed E-state index contributed by atoms with van der Waals surface area (Å²) in [5, 5.41) is 2.95. The molecule has 0 unspecified atom stereocenters. The van der Waals surface area contributed by atoms with E-state index in [1.54, 1.807) is 0 Å². The number of amides is 1. The topological polar surface area (TPSA) is 75.3 Å². The van der Waals surface area contributed by atoms with Crippen molar-refractivity contribution in [2.75, 3.05) is 0 Å². The SMILES string of the molecule is O=C(NC1CC1)c1ccc(Cl)c(S(=O)(=O)NC2CC2)c1. The largest absolute Gasteiger partial charge is 0.349 e. The van der Waals surface area contributed by atoms with Gasteiger partial charge < -0.3 is 5.32 Å². The molecule has 3 rings (SSSR count). The summed E-state index contributed by atoms with van der Waals surface area (Å²) in [4.78, 5) is 11.9. The van der Waals surface area contributed by atoms with Gasteiger partial charge in [0.05, 0.1) is 5.02 Å². The van der Waals surface area contributed by atoms with Crippen LogP contribution in [0.3, 0.4) is 0 Å². The number of halogens is 1. The van der Waals surface area contributed by atoms with Gasteiger partial charge in [-0.25, -0.2) is 13.1 Å². The van der Waals surface area contributed by atoms with Crippen LogP contribution in [0.1, 0.15) is 36.0 Å². The fourth-order valence-corrected chi connectivity index (χ4v) is 3.66. The summed E-state index contributed by atoms with van der Waals surface area (Å²) in [5.41, 5.74) is 0.317. The van der Waals surface area contributed by atoms with E-state index in [0.717, 1.165) is 25.7 Å². The fourth-order valence-electron chi connectivity index (χ4n) is 1.83. The number of sulfonamides is 1. The molecule has 0 spiro atoms. The van der Waals surface area contributed by atoms with Crippen LogP contribution in [0.2, 0.25) is 5.02 Å². The average molecular weight is 315 g/mol. The van der Waals surface area contributed by atoms with Crippen molar-refractivity contribution in [2.45, 2.75) is 42.7 Å². The molecule has 0 aliphatic heterocycles. The molecule has 108 valence electrons. The van der Waals surface area contributed by atoms with Crippen molar-refractivity contribution in [1.82, 2.24) is 10.0 Å². The number of nitrogens with one attached hydrogen (secondary N) is 2. The predicted octanol–water partition coefficient (Wildman–Crippen LogP) is 1.67. The Balaban J connectivity index is 1.87. The molecule has 1 aromatic carbocycles. The van der Waals surface area contributed by atoms with E-state index in [0.29, 0.717) is 5.56 Å². The van der Waals surface area contributed by atoms with E-state index in [9.17, 15) is 13.2 Å². The fraction of sp³-hybridized carbons (Fsp3) is 0.462. The first-order valence-corrected chi connectivity index (χ1v) is 8.44. The number of carbonyl (C=O) groups is 1. The molecule has 2 saturated carbocycles. The summed E-state index contributed by atoms with van der Waals surface area (Å²) in [5.74, 6) is -0.257. The van der Waals surface area contributed by atoms with E-state index >= 15 is 0 Å². The number of hydrogen-bond acceptors (Lipinski definition) is 3. The molecule has 0 saturated heterocycles. The van der Waals surface area contributed by atoms with Crippen molar-refractivity contribution in [3.05, 3.63) is 28.8 Å². The van der Waals surface area contributed by atoms with E-state index in [4.69, 9.17) is 11.6 Å². The predicted molar refractivity (Wildman–Crippen MR) is 75.3 cm³/mol. The molecular formula is C13H15ClN2O3S. The Morgan fingerprint density at radius 3 is 2.40 bits per heavy atom. The third-order valence-corrected chi connectivity index (χ3v) is 5.30.